The number of carbonyl (C=O) groups is 9. The Kier molecular flexibility index (Phi) is 30.8. The number of hydrogen-bond acceptors (Lipinski definition) is 15. The molecule has 4 aromatic rings. The Morgan fingerprint density at radius 1 is 0.594 bits per heavy atom. The number of pyridine rings is 2. The van der Waals surface area contributed by atoms with Crippen LogP contribution in [0.3, 0.4) is 0 Å². The van der Waals surface area contributed by atoms with Crippen molar-refractivity contribution in [1.82, 2.24) is 39.8 Å². The number of ether oxygens (including phenoxy) is 1. The van der Waals surface area contributed by atoms with Gasteiger partial charge in [-0.25, -0.2) is 4.79 Å². The number of esters is 1. The number of carbonyl (C=O) groups excluding carboxylic acids is 9. The van der Waals surface area contributed by atoms with Crippen LogP contribution in [-0.2, 0) is 70.0 Å². The summed E-state index contributed by atoms with van der Waals surface area (Å²) in [5, 5.41) is 14.8. The molecule has 3 saturated heterocycles. The van der Waals surface area contributed by atoms with Gasteiger partial charge >= 0.3 is 13.1 Å². The van der Waals surface area contributed by atoms with Crippen molar-refractivity contribution in [1.29, 1.82) is 0 Å². The fraction of sp³-hybridized carbons (Fsp3) is 0.631. The van der Waals surface area contributed by atoms with Crippen molar-refractivity contribution >= 4 is 65.6 Å². The van der Waals surface area contributed by atoms with Crippen molar-refractivity contribution in [2.75, 3.05) is 34.7 Å². The van der Waals surface area contributed by atoms with Gasteiger partial charge in [-0.3, -0.25) is 48.3 Å². The number of cyclic esters (lactones) is 1. The van der Waals surface area contributed by atoms with Crippen LogP contribution in [0.25, 0.3) is 11.1 Å². The van der Waals surface area contributed by atoms with Gasteiger partial charge in [-0.2, -0.15) is 0 Å². The molecule has 0 spiro atoms. The number of nitrogens with zero attached hydrogens (tertiary/aromatic N) is 7. The third kappa shape index (κ3) is 21.6. The quantitative estimate of drug-likeness (QED) is 0.0736. The number of aliphatic hydroxyl groups is 1. The number of amides is 6. The van der Waals surface area contributed by atoms with E-state index in [4.69, 9.17) is 14.0 Å². The molecule has 7 rings (SSSR count). The number of likely N-dealkylation sites (N-methyl/N-ethyl adjacent to an activating group) is 4. The maximum Gasteiger partial charge on any atom is 0.494 e. The first-order valence-electron chi connectivity index (χ1n) is 38.5. The lowest BCUT2D eigenvalue weighted by Gasteiger charge is -2.39. The number of ketones is 2. The molecule has 6 amide bonds. The maximum atomic E-state index is 15.8. The van der Waals surface area contributed by atoms with Gasteiger partial charge in [-0.05, 0) is 155 Å². The number of hydrogen-bond donors (Lipinski definition) is 2. The summed E-state index contributed by atoms with van der Waals surface area (Å²) in [6.45, 7) is 37.8. The minimum Gasteiger partial charge on any atom is -0.450 e. The summed E-state index contributed by atoms with van der Waals surface area (Å²) in [5.74, 6) is -8.90. The van der Waals surface area contributed by atoms with Gasteiger partial charge in [0.15, 0.2) is 23.7 Å². The van der Waals surface area contributed by atoms with E-state index in [9.17, 15) is 19.5 Å². The summed E-state index contributed by atoms with van der Waals surface area (Å²) < 4.78 is 18.2. The van der Waals surface area contributed by atoms with E-state index < -0.39 is 125 Å². The highest BCUT2D eigenvalue weighted by molar-refractivity contribution is 6.62. The van der Waals surface area contributed by atoms with Crippen LogP contribution in [0.5, 0.6) is 0 Å². The average molecular weight is 1470 g/mol. The van der Waals surface area contributed by atoms with Crippen molar-refractivity contribution < 1.29 is 62.3 Å². The maximum absolute atomic E-state index is 15.8. The molecule has 11 atom stereocenters. The predicted octanol–water partition coefficient (Wildman–Crippen LogP) is 11.2. The smallest absolute Gasteiger partial charge is 0.450 e. The van der Waals surface area contributed by atoms with Crippen LogP contribution in [-0.4, -0.2) is 194 Å². The highest BCUT2D eigenvalue weighted by Crippen LogP contribution is 2.38. The van der Waals surface area contributed by atoms with Gasteiger partial charge in [0.1, 0.15) is 18.1 Å². The van der Waals surface area contributed by atoms with Crippen molar-refractivity contribution in [2.45, 2.75) is 267 Å². The van der Waals surface area contributed by atoms with Gasteiger partial charge in [0.25, 0.3) is 5.91 Å². The van der Waals surface area contributed by atoms with E-state index >= 15 is 28.8 Å². The summed E-state index contributed by atoms with van der Waals surface area (Å²) in [5.41, 5.74) is 3.68. The highest BCUT2D eigenvalue weighted by Gasteiger charge is 2.53. The molecule has 3 aliphatic rings. The largest absolute Gasteiger partial charge is 0.494 e. The van der Waals surface area contributed by atoms with E-state index in [0.29, 0.717) is 37.2 Å². The van der Waals surface area contributed by atoms with Gasteiger partial charge < -0.3 is 49.0 Å². The molecule has 0 aliphatic carbocycles. The second-order valence-electron chi connectivity index (χ2n) is 33.4. The van der Waals surface area contributed by atoms with Gasteiger partial charge in [-0.1, -0.05) is 158 Å². The van der Waals surface area contributed by atoms with E-state index in [1.54, 1.807) is 38.9 Å². The minimum atomic E-state index is -1.95. The van der Waals surface area contributed by atoms with Crippen molar-refractivity contribution in [3.8, 4) is 11.1 Å². The summed E-state index contributed by atoms with van der Waals surface area (Å²) in [4.78, 5) is 152. The van der Waals surface area contributed by atoms with Crippen LogP contribution in [0.1, 0.15) is 218 Å². The number of rotatable bonds is 17. The monoisotopic (exact) mass is 1460 g/mol. The fourth-order valence-corrected chi connectivity index (χ4v) is 14.8. The van der Waals surface area contributed by atoms with Gasteiger partial charge in [0, 0.05) is 102 Å². The highest BCUT2D eigenvalue weighted by atomic mass is 16.7. The molecule has 0 saturated carbocycles. The lowest BCUT2D eigenvalue weighted by Crippen LogP contribution is -2.61. The Hall–Kier alpha value is -7.69. The molecule has 3 unspecified atom stereocenters. The Morgan fingerprint density at radius 2 is 1.15 bits per heavy atom. The van der Waals surface area contributed by atoms with Crippen LogP contribution < -0.4 is 10.8 Å². The van der Waals surface area contributed by atoms with E-state index in [-0.39, 0.29) is 80.5 Å². The molecular formula is C84H125BN8O13. The third-order valence-corrected chi connectivity index (χ3v) is 22.2. The Labute approximate surface area is 632 Å². The van der Waals surface area contributed by atoms with Crippen LogP contribution in [0.2, 0.25) is 0 Å². The fourth-order valence-electron chi connectivity index (χ4n) is 14.8. The number of Topliss-reactive ketones (excluding diaryl/α,β-unsaturated/α-hetero) is 2. The zero-order chi connectivity index (χ0) is 79.4. The number of aromatic nitrogens is 2. The van der Waals surface area contributed by atoms with Gasteiger partial charge in [0.2, 0.25) is 29.5 Å². The molecule has 2 N–H and O–H groups in total. The predicted molar refractivity (Wildman–Crippen MR) is 415 cm³/mol. The second-order valence-corrected chi connectivity index (χ2v) is 33.4. The summed E-state index contributed by atoms with van der Waals surface area (Å²) >= 11 is 0. The Bertz CT molecular complexity index is 3670. The zero-order valence-electron chi connectivity index (χ0n) is 68.0. The summed E-state index contributed by atoms with van der Waals surface area (Å²) in [6, 6.07) is 17.4. The molecule has 0 bridgehead atoms. The topological polar surface area (TPSA) is 256 Å². The number of nitrogens with one attached hydrogen (secondary N) is 1. The summed E-state index contributed by atoms with van der Waals surface area (Å²) in [7, 11) is 5.56. The number of fused-ring (bicyclic) bond motifs is 1. The molecule has 21 nitrogen and oxygen atoms in total. The lowest BCUT2D eigenvalue weighted by atomic mass is 9.79. The first kappa shape index (κ1) is 87.2. The van der Waals surface area contributed by atoms with E-state index in [0.717, 1.165) is 38.4 Å². The zero-order valence-corrected chi connectivity index (χ0v) is 68.0. The molecular weight excluding hydrogens is 1340 g/mol. The van der Waals surface area contributed by atoms with Crippen LogP contribution in [0.4, 0.5) is 0 Å². The summed E-state index contributed by atoms with van der Waals surface area (Å²) in [6.07, 6.45) is 3.35. The number of benzene rings is 2. The first-order chi connectivity index (χ1) is 49.5. The van der Waals surface area contributed by atoms with Crippen molar-refractivity contribution in [3.05, 3.63) is 114 Å². The van der Waals surface area contributed by atoms with Crippen molar-refractivity contribution in [2.24, 2.45) is 41.4 Å². The molecule has 3 fully saturated rings. The normalized spacial score (nSPS) is 24.6. The Balaban J connectivity index is 0.000000845. The standard InChI is InChI=1S/C70H103N7O11.C14H22BNO2/c1-19-45(11)52-40-57(78)55-30-25-33-77(55)67(84)56(37-48-28-24-29-49(35-48)50-31-32-71-53(38-50)42(5)6)73(15)66(83)54(36-47-26-22-21-23-27-47)72-63(80)60(44(9)10)75(17)68(85)61(46(12)20-2)88-69(86)62(70(13,14)87)76(18)64(81)51(34-41(3)4)39-58(79)59(43(7)8)74(16)65(52)82;1-10(2)12-9-11(7-8-16-12)15-17-13(3,4)14(5,6)18-15/h21-24,26-29,31-32,35,38,41-46,51-52,54-56,59-62,87H,19-20,25,30,33-34,36-37,39-40H2,1-18H3,(H,72,80);7-10H,1-6H3/t45?,46?,51?,52-,54-,55-,56-,59-,60-,61+,62+;/m0./s1. The Morgan fingerprint density at radius 3 is 1.71 bits per heavy atom. The second kappa shape index (κ2) is 37.4. The first-order valence-corrected chi connectivity index (χ1v) is 38.5. The van der Waals surface area contributed by atoms with Crippen molar-refractivity contribution in [3.63, 3.8) is 0 Å². The lowest BCUT2D eigenvalue weighted by molar-refractivity contribution is -0.178. The van der Waals surface area contributed by atoms with E-state index in [1.807, 2.05) is 127 Å². The van der Waals surface area contributed by atoms with E-state index in [2.05, 4.69) is 76.7 Å². The van der Waals surface area contributed by atoms with Gasteiger partial charge in [0.05, 0.1) is 28.9 Å². The minimum absolute atomic E-state index is 0.0131. The van der Waals surface area contributed by atoms with Gasteiger partial charge in [-0.15, -0.1) is 0 Å². The molecule has 5 heterocycles. The molecule has 22 heteroatoms. The van der Waals surface area contributed by atoms with Crippen LogP contribution >= 0.6 is 0 Å². The molecule has 2 aromatic carbocycles. The molecule has 3 aliphatic heterocycles. The molecule has 2 aromatic heterocycles. The third-order valence-electron chi connectivity index (χ3n) is 22.2. The SMILES string of the molecule is CC(C)c1cc(B2OC(C)(C)C(C)(C)O2)ccn1.CCC(C)[C@@H]1CC(=O)[C@@H]2CCCN2C(=O)[C@H](Cc2cccc(-c3ccnc(C(C)C)c3)c2)N(C)C(=O)[C@H](Cc2ccccc2)NC(=O)[C@H](C(C)C)N(C)C(=O)[C@@H](C(C)CC)OC(=O)[C@H](C(C)(C)O)N(C)C(=O)C(CC(C)C)CC(=O)[C@H](C(C)C)N(C)C1=O. The molecule has 0 radical (unpaired) electrons. The molecule has 106 heavy (non-hydrogen) atoms. The average Bonchev–Trinajstić information content (AvgIpc) is 1.59. The molecule has 582 valence electrons. The van der Waals surface area contributed by atoms with Crippen LogP contribution in [0.15, 0.2) is 91.3 Å². The van der Waals surface area contributed by atoms with E-state index in [1.165, 1.54) is 49.7 Å². The van der Waals surface area contributed by atoms with Crippen LogP contribution in [0, 0.1) is 41.4 Å².